The molecular weight excluding hydrogens is 412 g/mol. The lowest BCUT2D eigenvalue weighted by molar-refractivity contribution is -0.116. The van der Waals surface area contributed by atoms with E-state index in [2.05, 4.69) is 10.4 Å². The number of fused-ring (bicyclic) bond motifs is 1. The van der Waals surface area contributed by atoms with Crippen molar-refractivity contribution in [2.45, 2.75) is 25.3 Å². The number of nitrogens with one attached hydrogen (secondary N) is 1. The maximum absolute atomic E-state index is 13.8. The van der Waals surface area contributed by atoms with Gasteiger partial charge in [0.1, 0.15) is 17.7 Å². The van der Waals surface area contributed by atoms with Crippen LogP contribution in [0.1, 0.15) is 30.9 Å². The van der Waals surface area contributed by atoms with Crippen molar-refractivity contribution in [1.29, 1.82) is 0 Å². The molecule has 2 aromatic carbocycles. The second-order valence-electron chi connectivity index (χ2n) is 7.23. The van der Waals surface area contributed by atoms with Crippen LogP contribution in [0, 0.1) is 5.82 Å². The van der Waals surface area contributed by atoms with Gasteiger partial charge in [-0.05, 0) is 48.2 Å². The monoisotopic (exact) mass is 427 g/mol. The summed E-state index contributed by atoms with van der Waals surface area (Å²) in [7, 11) is 0. The summed E-state index contributed by atoms with van der Waals surface area (Å²) >= 11 is 12.4. The van der Waals surface area contributed by atoms with E-state index in [1.165, 1.54) is 12.1 Å². The summed E-state index contributed by atoms with van der Waals surface area (Å²) in [6, 6.07) is 11.4. The lowest BCUT2D eigenvalue weighted by atomic mass is 9.85. The first-order valence-electron chi connectivity index (χ1n) is 9.34. The Hall–Kier alpha value is -2.63. The number of carbonyl (C=O) groups is 1. The van der Waals surface area contributed by atoms with Gasteiger partial charge in [-0.1, -0.05) is 41.4 Å². The number of nitrogens with zero attached hydrogens (tertiary/aromatic N) is 2. The molecule has 7 heteroatoms. The van der Waals surface area contributed by atoms with Crippen LogP contribution in [0.25, 0.3) is 11.1 Å². The molecule has 0 spiro atoms. The lowest BCUT2D eigenvalue weighted by Crippen LogP contribution is -2.31. The van der Waals surface area contributed by atoms with Gasteiger partial charge in [0.05, 0.1) is 16.2 Å². The third-order valence-electron chi connectivity index (χ3n) is 5.43. The van der Waals surface area contributed by atoms with Crippen LogP contribution in [0.3, 0.4) is 0 Å². The Labute approximate surface area is 176 Å². The van der Waals surface area contributed by atoms with Crippen LogP contribution < -0.4 is 5.32 Å². The summed E-state index contributed by atoms with van der Waals surface area (Å²) in [6.45, 7) is 0. The average molecular weight is 428 g/mol. The predicted molar refractivity (Wildman–Crippen MR) is 112 cm³/mol. The lowest BCUT2D eigenvalue weighted by Gasteiger charge is -2.33. The second kappa shape index (κ2) is 7.01. The molecule has 0 amide bonds. The summed E-state index contributed by atoms with van der Waals surface area (Å²) in [6.07, 6.45) is 3.77. The number of carbonyl (C=O) groups excluding carboxylic acids is 1. The van der Waals surface area contributed by atoms with E-state index in [-0.39, 0.29) is 11.6 Å². The Morgan fingerprint density at radius 1 is 1.10 bits per heavy atom. The summed E-state index contributed by atoms with van der Waals surface area (Å²) < 4.78 is 15.6. The number of rotatable bonds is 2. The van der Waals surface area contributed by atoms with E-state index in [0.717, 1.165) is 41.0 Å². The SMILES string of the molecule is O=C1CCCC2=C1C(c1ccc(Cl)c(Cl)c1)n1ncc(-c3cccc(F)c3)c1N2. The molecule has 0 bridgehead atoms. The molecule has 2 aliphatic rings. The van der Waals surface area contributed by atoms with Crippen molar-refractivity contribution in [2.24, 2.45) is 0 Å². The molecule has 1 aromatic heterocycles. The molecule has 4 nitrogen and oxygen atoms in total. The van der Waals surface area contributed by atoms with Gasteiger partial charge in [0.25, 0.3) is 0 Å². The van der Waals surface area contributed by atoms with Gasteiger partial charge in [0, 0.05) is 23.3 Å². The van der Waals surface area contributed by atoms with Gasteiger partial charge in [-0.25, -0.2) is 9.07 Å². The Morgan fingerprint density at radius 3 is 2.76 bits per heavy atom. The molecule has 0 fully saturated rings. The Balaban J connectivity index is 1.72. The minimum absolute atomic E-state index is 0.100. The Kier molecular flexibility index (Phi) is 4.45. The summed E-state index contributed by atoms with van der Waals surface area (Å²) in [5.41, 5.74) is 3.93. The molecule has 5 rings (SSSR count). The highest BCUT2D eigenvalue weighted by molar-refractivity contribution is 6.42. The highest BCUT2D eigenvalue weighted by Gasteiger charge is 2.37. The van der Waals surface area contributed by atoms with E-state index in [9.17, 15) is 9.18 Å². The van der Waals surface area contributed by atoms with Crippen molar-refractivity contribution in [3.63, 3.8) is 0 Å². The van der Waals surface area contributed by atoms with Crippen molar-refractivity contribution in [3.8, 4) is 11.1 Å². The van der Waals surface area contributed by atoms with E-state index in [1.807, 2.05) is 12.1 Å². The molecule has 146 valence electrons. The topological polar surface area (TPSA) is 46.9 Å². The van der Waals surface area contributed by atoms with E-state index >= 15 is 0 Å². The smallest absolute Gasteiger partial charge is 0.163 e. The number of allylic oxidation sites excluding steroid dienone is 2. The molecule has 0 saturated carbocycles. The van der Waals surface area contributed by atoms with Crippen LogP contribution in [0.4, 0.5) is 10.2 Å². The third-order valence-corrected chi connectivity index (χ3v) is 6.17. The van der Waals surface area contributed by atoms with Gasteiger partial charge >= 0.3 is 0 Å². The first kappa shape index (κ1) is 18.4. The fraction of sp³-hybridized carbons (Fsp3) is 0.182. The van der Waals surface area contributed by atoms with E-state index in [4.69, 9.17) is 23.2 Å². The number of anilines is 1. The number of halogens is 3. The zero-order chi connectivity index (χ0) is 20.1. The predicted octanol–water partition coefficient (Wildman–Crippen LogP) is 6.02. The average Bonchev–Trinajstić information content (AvgIpc) is 3.12. The fourth-order valence-electron chi connectivity index (χ4n) is 4.12. The van der Waals surface area contributed by atoms with Crippen LogP contribution in [-0.2, 0) is 4.79 Å². The van der Waals surface area contributed by atoms with Crippen molar-refractivity contribution in [1.82, 2.24) is 9.78 Å². The van der Waals surface area contributed by atoms with Gasteiger partial charge in [-0.15, -0.1) is 0 Å². The Morgan fingerprint density at radius 2 is 1.97 bits per heavy atom. The first-order chi connectivity index (χ1) is 14.0. The maximum Gasteiger partial charge on any atom is 0.163 e. The van der Waals surface area contributed by atoms with Crippen molar-refractivity contribution in [3.05, 3.63) is 81.4 Å². The van der Waals surface area contributed by atoms with Crippen LogP contribution in [-0.4, -0.2) is 15.6 Å². The summed E-state index contributed by atoms with van der Waals surface area (Å²) in [5.74, 6) is 0.524. The van der Waals surface area contributed by atoms with Crippen LogP contribution in [0.2, 0.25) is 10.0 Å². The van der Waals surface area contributed by atoms with E-state index in [0.29, 0.717) is 22.0 Å². The first-order valence-corrected chi connectivity index (χ1v) is 10.1. The molecule has 29 heavy (non-hydrogen) atoms. The quantitative estimate of drug-likeness (QED) is 0.543. The van der Waals surface area contributed by atoms with Gasteiger partial charge < -0.3 is 5.32 Å². The van der Waals surface area contributed by atoms with Crippen molar-refractivity contribution < 1.29 is 9.18 Å². The van der Waals surface area contributed by atoms with Crippen LogP contribution in [0.5, 0.6) is 0 Å². The molecule has 0 radical (unpaired) electrons. The van der Waals surface area contributed by atoms with Crippen LogP contribution in [0.15, 0.2) is 59.9 Å². The third kappa shape index (κ3) is 3.05. The zero-order valence-corrected chi connectivity index (χ0v) is 16.8. The molecule has 1 unspecified atom stereocenters. The minimum atomic E-state index is -0.411. The van der Waals surface area contributed by atoms with E-state index < -0.39 is 6.04 Å². The molecule has 3 aromatic rings. The highest BCUT2D eigenvalue weighted by Crippen LogP contribution is 2.44. The number of hydrogen-bond donors (Lipinski definition) is 1. The minimum Gasteiger partial charge on any atom is -0.343 e. The fourth-order valence-corrected chi connectivity index (χ4v) is 4.42. The highest BCUT2D eigenvalue weighted by atomic mass is 35.5. The van der Waals surface area contributed by atoms with Gasteiger partial charge in [0.15, 0.2) is 5.78 Å². The number of ketones is 1. The van der Waals surface area contributed by atoms with Gasteiger partial charge in [-0.3, -0.25) is 4.79 Å². The molecule has 1 aliphatic heterocycles. The molecule has 1 aliphatic carbocycles. The second-order valence-corrected chi connectivity index (χ2v) is 8.05. The van der Waals surface area contributed by atoms with E-state index in [1.54, 1.807) is 29.1 Å². The molecular formula is C22H16Cl2FN3O. The zero-order valence-electron chi connectivity index (χ0n) is 15.3. The molecule has 0 saturated heterocycles. The van der Waals surface area contributed by atoms with Crippen molar-refractivity contribution in [2.75, 3.05) is 5.32 Å². The number of aromatic nitrogens is 2. The number of hydrogen-bond acceptors (Lipinski definition) is 3. The molecule has 1 N–H and O–H groups in total. The standard InChI is InChI=1S/C22H16Cl2FN3O/c23-16-8-7-13(10-17(16)24)21-20-18(5-2-6-19(20)29)27-22-15(11-26-28(21)22)12-3-1-4-14(25)9-12/h1,3-4,7-11,21,27H,2,5-6H2. The van der Waals surface area contributed by atoms with Crippen molar-refractivity contribution >= 4 is 34.8 Å². The molecule has 2 heterocycles. The normalized spacial score (nSPS) is 18.3. The summed E-state index contributed by atoms with van der Waals surface area (Å²) in [4.78, 5) is 12.8. The van der Waals surface area contributed by atoms with Gasteiger partial charge in [-0.2, -0.15) is 5.10 Å². The molecule has 1 atom stereocenters. The van der Waals surface area contributed by atoms with Crippen LogP contribution >= 0.6 is 23.2 Å². The largest absolute Gasteiger partial charge is 0.343 e. The Bertz CT molecular complexity index is 1180. The summed E-state index contributed by atoms with van der Waals surface area (Å²) in [5, 5.41) is 8.84. The maximum atomic E-state index is 13.8. The number of benzene rings is 2. The van der Waals surface area contributed by atoms with Gasteiger partial charge in [0.2, 0.25) is 0 Å². The number of Topliss-reactive ketones (excluding diaryl/α,β-unsaturated/α-hetero) is 1.